The lowest BCUT2D eigenvalue weighted by molar-refractivity contribution is -0.144. The molecule has 90 valence electrons. The zero-order valence-electron chi connectivity index (χ0n) is 9.07. The maximum absolute atomic E-state index is 11.7. The Labute approximate surface area is 106 Å². The molecule has 1 aromatic rings. The van der Waals surface area contributed by atoms with Crippen LogP contribution in [0.15, 0.2) is 12.1 Å². The van der Waals surface area contributed by atoms with Crippen LogP contribution in [0.2, 0.25) is 4.34 Å². The van der Waals surface area contributed by atoms with Crippen LogP contribution < -0.4 is 0 Å². The Morgan fingerprint density at radius 2 is 2.31 bits per heavy atom. The van der Waals surface area contributed by atoms with Crippen molar-refractivity contribution in [2.75, 3.05) is 12.9 Å². The minimum Gasteiger partial charge on any atom is -0.469 e. The first-order chi connectivity index (χ1) is 7.52. The van der Waals surface area contributed by atoms with Gasteiger partial charge in [-0.2, -0.15) is 0 Å². The van der Waals surface area contributed by atoms with E-state index in [9.17, 15) is 9.00 Å². The third-order valence-corrected chi connectivity index (χ3v) is 4.89. The number of esters is 1. The molecule has 0 spiro atoms. The normalized spacial score (nSPS) is 14.4. The molecular weight excluding hydrogens is 268 g/mol. The van der Waals surface area contributed by atoms with Crippen molar-refractivity contribution < 1.29 is 13.7 Å². The third-order valence-electron chi connectivity index (χ3n) is 1.97. The molecule has 0 bridgehead atoms. The first kappa shape index (κ1) is 13.7. The molecule has 6 heteroatoms. The molecule has 0 aromatic carbocycles. The van der Waals surface area contributed by atoms with Gasteiger partial charge in [-0.05, 0) is 12.1 Å². The molecule has 1 aromatic heterocycles. The maximum Gasteiger partial charge on any atom is 0.309 e. The summed E-state index contributed by atoms with van der Waals surface area (Å²) in [6, 6.07) is 3.64. The van der Waals surface area contributed by atoms with Gasteiger partial charge in [0.05, 0.1) is 23.1 Å². The maximum atomic E-state index is 11.7. The SMILES string of the molecule is COC(=O)C(C)CS(=O)Cc1ccc(Cl)s1. The minimum atomic E-state index is -1.06. The lowest BCUT2D eigenvalue weighted by Crippen LogP contribution is -2.19. The highest BCUT2D eigenvalue weighted by Crippen LogP contribution is 2.22. The third kappa shape index (κ3) is 4.23. The number of ether oxygens (including phenoxy) is 1. The first-order valence-corrected chi connectivity index (χ1v) is 7.38. The van der Waals surface area contributed by atoms with Gasteiger partial charge in [-0.3, -0.25) is 9.00 Å². The predicted molar refractivity (Wildman–Crippen MR) is 67.2 cm³/mol. The number of hydrogen-bond acceptors (Lipinski definition) is 4. The van der Waals surface area contributed by atoms with Gasteiger partial charge in [-0.15, -0.1) is 11.3 Å². The summed E-state index contributed by atoms with van der Waals surface area (Å²) in [5, 5.41) is 0. The number of rotatable bonds is 5. The van der Waals surface area contributed by atoms with E-state index >= 15 is 0 Å². The minimum absolute atomic E-state index is 0.322. The van der Waals surface area contributed by atoms with Crippen LogP contribution in [-0.4, -0.2) is 23.0 Å². The summed E-state index contributed by atoms with van der Waals surface area (Å²) >= 11 is 7.18. The van der Waals surface area contributed by atoms with Crippen molar-refractivity contribution in [3.8, 4) is 0 Å². The second-order valence-electron chi connectivity index (χ2n) is 3.38. The average Bonchev–Trinajstić information content (AvgIpc) is 2.62. The van der Waals surface area contributed by atoms with Crippen molar-refractivity contribution in [1.29, 1.82) is 0 Å². The van der Waals surface area contributed by atoms with Crippen LogP contribution in [0.4, 0.5) is 0 Å². The van der Waals surface area contributed by atoms with E-state index < -0.39 is 10.8 Å². The monoisotopic (exact) mass is 280 g/mol. The molecule has 3 nitrogen and oxygen atoms in total. The highest BCUT2D eigenvalue weighted by atomic mass is 35.5. The van der Waals surface area contributed by atoms with Gasteiger partial charge in [0.25, 0.3) is 0 Å². The molecular formula is C10H13ClO3S2. The molecule has 0 N–H and O–H groups in total. The summed E-state index contributed by atoms with van der Waals surface area (Å²) in [7, 11) is 0.275. The summed E-state index contributed by atoms with van der Waals surface area (Å²) in [5.41, 5.74) is 0. The van der Waals surface area contributed by atoms with Gasteiger partial charge in [0, 0.05) is 21.4 Å². The standard InChI is InChI=1S/C10H13ClO3S2/c1-7(10(12)14-2)5-16(13)6-8-3-4-9(11)15-8/h3-4,7H,5-6H2,1-2H3. The van der Waals surface area contributed by atoms with Gasteiger partial charge in [0.2, 0.25) is 0 Å². The molecule has 0 saturated carbocycles. The molecule has 0 aliphatic heterocycles. The summed E-state index contributed by atoms with van der Waals surface area (Å²) in [6.45, 7) is 1.71. The summed E-state index contributed by atoms with van der Waals surface area (Å²) in [6.07, 6.45) is 0. The van der Waals surface area contributed by atoms with E-state index in [4.69, 9.17) is 11.6 Å². The van der Waals surface area contributed by atoms with E-state index in [0.717, 1.165) is 4.88 Å². The number of thiophene rings is 1. The van der Waals surface area contributed by atoms with Crippen LogP contribution in [0, 0.1) is 5.92 Å². The van der Waals surface area contributed by atoms with Crippen LogP contribution in [0.1, 0.15) is 11.8 Å². The molecule has 0 amide bonds. The van der Waals surface area contributed by atoms with Gasteiger partial charge in [0.1, 0.15) is 0 Å². The van der Waals surface area contributed by atoms with Crippen molar-refractivity contribution in [2.24, 2.45) is 5.92 Å². The predicted octanol–water partition coefficient (Wildman–Crippen LogP) is 2.46. The fourth-order valence-corrected chi connectivity index (χ4v) is 3.93. The molecule has 16 heavy (non-hydrogen) atoms. The highest BCUT2D eigenvalue weighted by molar-refractivity contribution is 7.84. The molecule has 0 radical (unpaired) electrons. The van der Waals surface area contributed by atoms with E-state index in [1.165, 1.54) is 18.4 Å². The second kappa shape index (κ2) is 6.37. The van der Waals surface area contributed by atoms with Gasteiger partial charge in [-0.25, -0.2) is 0 Å². The average molecular weight is 281 g/mol. The molecule has 0 fully saturated rings. The largest absolute Gasteiger partial charge is 0.469 e. The van der Waals surface area contributed by atoms with E-state index in [0.29, 0.717) is 15.8 Å². The van der Waals surface area contributed by atoms with Crippen molar-refractivity contribution in [3.63, 3.8) is 0 Å². The van der Waals surface area contributed by atoms with E-state index in [2.05, 4.69) is 4.74 Å². The van der Waals surface area contributed by atoms with Crippen molar-refractivity contribution in [1.82, 2.24) is 0 Å². The number of halogens is 1. The topological polar surface area (TPSA) is 43.4 Å². The number of carbonyl (C=O) groups is 1. The summed E-state index contributed by atoms with van der Waals surface area (Å²) < 4.78 is 17.0. The van der Waals surface area contributed by atoms with Gasteiger partial charge in [-0.1, -0.05) is 18.5 Å². The van der Waals surface area contributed by atoms with Gasteiger partial charge < -0.3 is 4.74 Å². The van der Waals surface area contributed by atoms with Crippen LogP contribution in [0.5, 0.6) is 0 Å². The van der Waals surface area contributed by atoms with Crippen molar-refractivity contribution in [2.45, 2.75) is 12.7 Å². The Morgan fingerprint density at radius 3 is 2.81 bits per heavy atom. The number of methoxy groups -OCH3 is 1. The van der Waals surface area contributed by atoms with Crippen molar-refractivity contribution >= 4 is 39.7 Å². The molecule has 0 aliphatic rings. The lowest BCUT2D eigenvalue weighted by Gasteiger charge is -2.07. The van der Waals surface area contributed by atoms with Gasteiger partial charge >= 0.3 is 5.97 Å². The van der Waals surface area contributed by atoms with Crippen LogP contribution in [0.25, 0.3) is 0 Å². The van der Waals surface area contributed by atoms with E-state index in [-0.39, 0.29) is 11.9 Å². The number of carbonyl (C=O) groups excluding carboxylic acids is 1. The Bertz CT molecular complexity index is 389. The quantitative estimate of drug-likeness (QED) is 0.778. The van der Waals surface area contributed by atoms with Crippen LogP contribution in [0.3, 0.4) is 0 Å². The smallest absolute Gasteiger partial charge is 0.309 e. The fraction of sp³-hybridized carbons (Fsp3) is 0.500. The Hall–Kier alpha value is -0.390. The van der Waals surface area contributed by atoms with E-state index in [1.807, 2.05) is 6.07 Å². The Balaban J connectivity index is 2.45. The molecule has 1 rings (SSSR count). The first-order valence-electron chi connectivity index (χ1n) is 4.70. The Morgan fingerprint density at radius 1 is 1.62 bits per heavy atom. The molecule has 2 unspecified atom stereocenters. The molecule has 1 heterocycles. The van der Waals surface area contributed by atoms with Gasteiger partial charge in [0.15, 0.2) is 0 Å². The highest BCUT2D eigenvalue weighted by Gasteiger charge is 2.17. The zero-order chi connectivity index (χ0) is 12.1. The summed E-state index contributed by atoms with van der Waals surface area (Å²) in [4.78, 5) is 12.1. The molecule has 0 saturated heterocycles. The van der Waals surface area contributed by atoms with Crippen molar-refractivity contribution in [3.05, 3.63) is 21.3 Å². The summed E-state index contributed by atoms with van der Waals surface area (Å²) in [5.74, 6) is 0.111. The Kier molecular flexibility index (Phi) is 5.44. The fourth-order valence-electron chi connectivity index (χ4n) is 1.19. The lowest BCUT2D eigenvalue weighted by atomic mass is 10.2. The van der Waals surface area contributed by atoms with Crippen LogP contribution >= 0.6 is 22.9 Å². The van der Waals surface area contributed by atoms with E-state index in [1.54, 1.807) is 13.0 Å². The molecule has 2 atom stereocenters. The van der Waals surface area contributed by atoms with Crippen LogP contribution in [-0.2, 0) is 26.1 Å². The number of hydrogen-bond donors (Lipinski definition) is 0. The molecule has 0 aliphatic carbocycles. The zero-order valence-corrected chi connectivity index (χ0v) is 11.5. The second-order valence-corrected chi connectivity index (χ2v) is 6.68.